The normalized spacial score (nSPS) is 12.9. The Kier molecular flexibility index (Phi) is 8.07. The van der Waals surface area contributed by atoms with Crippen LogP contribution >= 0.6 is 0 Å². The summed E-state index contributed by atoms with van der Waals surface area (Å²) < 4.78 is 48.0. The molecule has 4 heterocycles. The van der Waals surface area contributed by atoms with Gasteiger partial charge in [-0.2, -0.15) is 18.3 Å². The number of aliphatic hydroxyl groups excluding tert-OH is 1. The summed E-state index contributed by atoms with van der Waals surface area (Å²) in [6, 6.07) is 18.2. The molecule has 11 nitrogen and oxygen atoms in total. The minimum atomic E-state index is -4.62. The minimum absolute atomic E-state index is 0.0227. The molecule has 0 radical (unpaired) electrons. The Balaban J connectivity index is 1.02. The number of nitrogens with one attached hydrogen (secondary N) is 2. The van der Waals surface area contributed by atoms with E-state index < -0.39 is 17.8 Å². The van der Waals surface area contributed by atoms with Gasteiger partial charge in [0.15, 0.2) is 5.65 Å². The van der Waals surface area contributed by atoms with Crippen LogP contribution in [0.2, 0.25) is 0 Å². The summed E-state index contributed by atoms with van der Waals surface area (Å²) in [4.78, 5) is 28.2. The highest BCUT2D eigenvalue weighted by Gasteiger charge is 2.31. The molecule has 1 aliphatic rings. The number of alkyl halides is 3. The van der Waals surface area contributed by atoms with E-state index in [1.165, 1.54) is 18.5 Å². The molecular weight excluding hydrogens is 625 g/mol. The number of urea groups is 1. The Bertz CT molecular complexity index is 2100. The van der Waals surface area contributed by atoms with Crippen molar-refractivity contribution in [3.8, 4) is 34.0 Å². The van der Waals surface area contributed by atoms with Crippen LogP contribution in [-0.2, 0) is 12.8 Å². The Hall–Kier alpha value is -6.02. The van der Waals surface area contributed by atoms with Gasteiger partial charge in [0.1, 0.15) is 11.6 Å². The maximum atomic E-state index is 13.5. The SMILES string of the molecule is O=C(Nc1cnc(Oc2ccc(-c3cnn4ccc(N5CCC5)nc34)cc2)nc1)Nc1cc(C(F)(F)F)ccc1-c1cccc(CO)c1. The zero-order valence-corrected chi connectivity index (χ0v) is 25.1. The zero-order chi connectivity index (χ0) is 33.3. The molecule has 0 saturated carbocycles. The number of amides is 2. The molecule has 7 rings (SSSR count). The summed E-state index contributed by atoms with van der Waals surface area (Å²) in [6.07, 6.45) is 2.84. The van der Waals surface area contributed by atoms with Crippen molar-refractivity contribution in [1.82, 2.24) is 24.6 Å². The van der Waals surface area contributed by atoms with Gasteiger partial charge in [0.25, 0.3) is 0 Å². The van der Waals surface area contributed by atoms with Crippen molar-refractivity contribution in [2.75, 3.05) is 28.6 Å². The monoisotopic (exact) mass is 652 g/mol. The van der Waals surface area contributed by atoms with Gasteiger partial charge < -0.3 is 25.4 Å². The third-order valence-electron chi connectivity index (χ3n) is 7.81. The number of carbonyl (C=O) groups is 1. The molecule has 14 heteroatoms. The topological polar surface area (TPSA) is 130 Å². The first-order valence-corrected chi connectivity index (χ1v) is 14.9. The minimum Gasteiger partial charge on any atom is -0.424 e. The van der Waals surface area contributed by atoms with Crippen LogP contribution < -0.4 is 20.3 Å². The quantitative estimate of drug-likeness (QED) is 0.160. The number of carbonyl (C=O) groups excluding carboxylic acids is 1. The maximum Gasteiger partial charge on any atom is 0.416 e. The Labute approximate surface area is 271 Å². The van der Waals surface area contributed by atoms with Crippen molar-refractivity contribution in [2.45, 2.75) is 19.2 Å². The number of ether oxygens (including phenoxy) is 1. The van der Waals surface area contributed by atoms with Crippen molar-refractivity contribution < 1.29 is 27.8 Å². The van der Waals surface area contributed by atoms with Crippen molar-refractivity contribution >= 4 is 28.9 Å². The number of halogens is 3. The van der Waals surface area contributed by atoms with Gasteiger partial charge in [-0.15, -0.1) is 0 Å². The number of nitrogens with zero attached hydrogens (tertiary/aromatic N) is 6. The molecule has 242 valence electrons. The van der Waals surface area contributed by atoms with Crippen LogP contribution in [0, 0.1) is 0 Å². The maximum absolute atomic E-state index is 13.5. The van der Waals surface area contributed by atoms with E-state index >= 15 is 0 Å². The Morgan fingerprint density at radius 2 is 1.69 bits per heavy atom. The fourth-order valence-corrected chi connectivity index (χ4v) is 5.22. The molecule has 0 unspecified atom stereocenters. The van der Waals surface area contributed by atoms with E-state index in [9.17, 15) is 23.1 Å². The zero-order valence-electron chi connectivity index (χ0n) is 25.1. The third-order valence-corrected chi connectivity index (χ3v) is 7.81. The van der Waals surface area contributed by atoms with E-state index in [1.54, 1.807) is 47.1 Å². The molecule has 1 saturated heterocycles. The van der Waals surface area contributed by atoms with Gasteiger partial charge in [-0.1, -0.05) is 36.4 Å². The number of rotatable bonds is 8. The van der Waals surface area contributed by atoms with Crippen LogP contribution in [-0.4, -0.2) is 48.8 Å². The number of benzene rings is 3. The van der Waals surface area contributed by atoms with Gasteiger partial charge >= 0.3 is 18.2 Å². The summed E-state index contributed by atoms with van der Waals surface area (Å²) in [5.41, 5.74) is 3.16. The van der Waals surface area contributed by atoms with E-state index in [4.69, 9.17) is 9.72 Å². The van der Waals surface area contributed by atoms with Gasteiger partial charge in [0.2, 0.25) is 0 Å². The number of hydrogen-bond donors (Lipinski definition) is 3. The average Bonchev–Trinajstić information content (AvgIpc) is 3.48. The van der Waals surface area contributed by atoms with Crippen LogP contribution in [0.4, 0.5) is 35.2 Å². The second kappa shape index (κ2) is 12.6. The molecule has 6 aromatic rings. The molecule has 1 aliphatic heterocycles. The first-order valence-electron chi connectivity index (χ1n) is 14.9. The molecule has 48 heavy (non-hydrogen) atoms. The standard InChI is InChI=1S/C34H27F3N8O3/c35-34(36,37)24-7-10-27(23-4-1-3-21(15-23)20-46)29(16-24)42-32(47)41-25-17-38-33(39-18-25)48-26-8-5-22(6-9-26)28-19-40-45-14-11-30(43-31(28)45)44-12-2-13-44/h1,3-11,14-19,46H,2,12-13,20H2,(H2,41,42,47). The largest absolute Gasteiger partial charge is 0.424 e. The summed E-state index contributed by atoms with van der Waals surface area (Å²) >= 11 is 0. The number of aromatic nitrogens is 5. The lowest BCUT2D eigenvalue weighted by molar-refractivity contribution is -0.137. The summed E-state index contributed by atoms with van der Waals surface area (Å²) in [5.74, 6) is 1.40. The molecule has 0 spiro atoms. The number of anilines is 3. The summed E-state index contributed by atoms with van der Waals surface area (Å²) in [7, 11) is 0. The highest BCUT2D eigenvalue weighted by atomic mass is 19.4. The highest BCUT2D eigenvalue weighted by Crippen LogP contribution is 2.36. The van der Waals surface area contributed by atoms with Gasteiger partial charge in [0, 0.05) is 30.4 Å². The molecule has 0 bridgehead atoms. The lowest BCUT2D eigenvalue weighted by atomic mass is 9.99. The number of fused-ring (bicyclic) bond motifs is 1. The van der Waals surface area contributed by atoms with Gasteiger partial charge in [-0.25, -0.2) is 24.3 Å². The number of aliphatic hydroxyl groups is 1. The van der Waals surface area contributed by atoms with E-state index in [1.807, 2.05) is 24.4 Å². The lowest BCUT2D eigenvalue weighted by Crippen LogP contribution is -2.37. The first kappa shape index (κ1) is 30.6. The first-order chi connectivity index (χ1) is 23.2. The third kappa shape index (κ3) is 6.46. The van der Waals surface area contributed by atoms with Crippen molar-refractivity contribution in [2.24, 2.45) is 0 Å². The van der Waals surface area contributed by atoms with Crippen molar-refractivity contribution in [3.05, 3.63) is 109 Å². The van der Waals surface area contributed by atoms with Gasteiger partial charge in [-0.3, -0.25) is 0 Å². The Morgan fingerprint density at radius 1 is 0.896 bits per heavy atom. The fraction of sp³-hybridized carbons (Fsp3) is 0.147. The van der Waals surface area contributed by atoms with E-state index in [2.05, 4.69) is 30.6 Å². The molecule has 0 aliphatic carbocycles. The lowest BCUT2D eigenvalue weighted by Gasteiger charge is -2.31. The molecule has 3 N–H and O–H groups in total. The highest BCUT2D eigenvalue weighted by molar-refractivity contribution is 6.02. The second-order valence-corrected chi connectivity index (χ2v) is 11.0. The summed E-state index contributed by atoms with van der Waals surface area (Å²) in [5, 5.41) is 18.9. The Morgan fingerprint density at radius 3 is 2.40 bits per heavy atom. The predicted molar refractivity (Wildman–Crippen MR) is 173 cm³/mol. The van der Waals surface area contributed by atoms with Crippen LogP contribution in [0.15, 0.2) is 97.6 Å². The molecule has 0 atom stereocenters. The molecular formula is C34H27F3N8O3. The van der Waals surface area contributed by atoms with Crippen LogP contribution in [0.5, 0.6) is 11.8 Å². The summed E-state index contributed by atoms with van der Waals surface area (Å²) in [6.45, 7) is 1.74. The average molecular weight is 653 g/mol. The van der Waals surface area contributed by atoms with Gasteiger partial charge in [0.05, 0.1) is 42.1 Å². The molecule has 3 aromatic heterocycles. The van der Waals surface area contributed by atoms with Crippen LogP contribution in [0.1, 0.15) is 17.5 Å². The van der Waals surface area contributed by atoms with E-state index in [0.29, 0.717) is 22.4 Å². The van der Waals surface area contributed by atoms with Crippen molar-refractivity contribution in [1.29, 1.82) is 0 Å². The smallest absolute Gasteiger partial charge is 0.416 e. The molecule has 1 fully saturated rings. The second-order valence-electron chi connectivity index (χ2n) is 11.0. The molecule has 2 amide bonds. The fourth-order valence-electron chi connectivity index (χ4n) is 5.22. The predicted octanol–water partition coefficient (Wildman–Crippen LogP) is 7.01. The van der Waals surface area contributed by atoms with E-state index in [0.717, 1.165) is 54.2 Å². The molecule has 3 aromatic carbocycles. The van der Waals surface area contributed by atoms with Crippen molar-refractivity contribution in [3.63, 3.8) is 0 Å². The number of hydrogen-bond acceptors (Lipinski definition) is 8. The van der Waals surface area contributed by atoms with Crippen LogP contribution in [0.25, 0.3) is 27.9 Å². The van der Waals surface area contributed by atoms with Crippen LogP contribution in [0.3, 0.4) is 0 Å². The van der Waals surface area contributed by atoms with E-state index in [-0.39, 0.29) is 24.0 Å². The van der Waals surface area contributed by atoms with Gasteiger partial charge in [-0.05, 0) is 59.5 Å².